The van der Waals surface area contributed by atoms with Gasteiger partial charge in [-0.2, -0.15) is 0 Å². The lowest BCUT2D eigenvalue weighted by molar-refractivity contribution is 0.218. The molecule has 1 aromatic rings. The van der Waals surface area contributed by atoms with Gasteiger partial charge in [0.15, 0.2) is 0 Å². The van der Waals surface area contributed by atoms with E-state index in [1.807, 2.05) is 18.5 Å². The van der Waals surface area contributed by atoms with Gasteiger partial charge in [-0.25, -0.2) is 0 Å². The number of nitrogens with one attached hydrogen (secondary N) is 1. The fourth-order valence-electron chi connectivity index (χ4n) is 2.38. The van der Waals surface area contributed by atoms with Crippen LogP contribution in [0.4, 0.5) is 0 Å². The van der Waals surface area contributed by atoms with E-state index in [0.29, 0.717) is 12.1 Å². The molecule has 1 fully saturated rings. The van der Waals surface area contributed by atoms with E-state index in [1.54, 1.807) is 0 Å². The smallest absolute Gasteiger partial charge is 0.0315 e. The normalized spacial score (nSPS) is 24.2. The van der Waals surface area contributed by atoms with Gasteiger partial charge >= 0.3 is 0 Å². The van der Waals surface area contributed by atoms with Crippen molar-refractivity contribution in [3.8, 4) is 0 Å². The maximum absolute atomic E-state index is 4.16. The Hall–Kier alpha value is -0.930. The molecule has 1 saturated heterocycles. The van der Waals surface area contributed by atoms with Crippen LogP contribution < -0.4 is 5.32 Å². The molecule has 1 unspecified atom stereocenters. The van der Waals surface area contributed by atoms with Crippen molar-refractivity contribution in [2.75, 3.05) is 20.1 Å². The number of nitrogens with zero attached hydrogens (tertiary/aromatic N) is 2. The summed E-state index contributed by atoms with van der Waals surface area (Å²) in [6.45, 7) is 4.61. The quantitative estimate of drug-likeness (QED) is 0.840. The zero-order chi connectivity index (χ0) is 11.4. The van der Waals surface area contributed by atoms with Gasteiger partial charge in [-0.15, -0.1) is 0 Å². The highest BCUT2D eigenvalue weighted by Crippen LogP contribution is 2.15. The number of likely N-dealkylation sites (N-methyl/N-ethyl adjacent to an activating group) is 1. The zero-order valence-electron chi connectivity index (χ0n) is 10.2. The fourth-order valence-corrected chi connectivity index (χ4v) is 2.38. The minimum absolute atomic E-state index is 0.394. The van der Waals surface area contributed by atoms with Crippen LogP contribution in [0.5, 0.6) is 0 Å². The van der Waals surface area contributed by atoms with E-state index in [0.717, 1.165) is 6.54 Å². The first-order chi connectivity index (χ1) is 7.75. The summed E-state index contributed by atoms with van der Waals surface area (Å²) in [6.07, 6.45) is 6.36. The zero-order valence-corrected chi connectivity index (χ0v) is 10.2. The maximum Gasteiger partial charge on any atom is 0.0315 e. The molecule has 1 N–H and O–H groups in total. The predicted octanol–water partition coefficient (Wildman–Crippen LogP) is 1.83. The van der Waals surface area contributed by atoms with Crippen LogP contribution in [-0.2, 0) is 0 Å². The summed E-state index contributed by atoms with van der Waals surface area (Å²) >= 11 is 0. The first-order valence-electron chi connectivity index (χ1n) is 6.10. The Morgan fingerprint density at radius 2 is 2.44 bits per heavy atom. The maximum atomic E-state index is 4.16. The Balaban J connectivity index is 1.89. The van der Waals surface area contributed by atoms with Gasteiger partial charge in [0.1, 0.15) is 0 Å². The molecule has 2 atom stereocenters. The van der Waals surface area contributed by atoms with E-state index < -0.39 is 0 Å². The van der Waals surface area contributed by atoms with Crippen molar-refractivity contribution < 1.29 is 0 Å². The van der Waals surface area contributed by atoms with E-state index in [2.05, 4.69) is 35.2 Å². The standard InChI is InChI=1S/C13H21N3/c1-11(12-5-3-7-14-9-12)15-13-6-4-8-16(2)10-13/h3,5,7,9,11,13,15H,4,6,8,10H2,1-2H3/t11-,13?/m1/s1. The minimum Gasteiger partial charge on any atom is -0.306 e. The molecule has 1 aliphatic heterocycles. The van der Waals surface area contributed by atoms with Crippen LogP contribution in [0.1, 0.15) is 31.4 Å². The van der Waals surface area contributed by atoms with Gasteiger partial charge in [-0.1, -0.05) is 6.07 Å². The lowest BCUT2D eigenvalue weighted by atomic mass is 10.0. The van der Waals surface area contributed by atoms with Gasteiger partial charge in [0, 0.05) is 31.0 Å². The van der Waals surface area contributed by atoms with Crippen molar-refractivity contribution in [1.82, 2.24) is 15.2 Å². The summed E-state index contributed by atoms with van der Waals surface area (Å²) in [4.78, 5) is 6.56. The summed E-state index contributed by atoms with van der Waals surface area (Å²) in [5.41, 5.74) is 1.27. The SMILES string of the molecule is C[C@@H](NC1CCCN(C)C1)c1cccnc1. The molecule has 0 spiro atoms. The summed E-state index contributed by atoms with van der Waals surface area (Å²) in [7, 11) is 2.20. The van der Waals surface area contributed by atoms with Crippen molar-refractivity contribution in [2.45, 2.75) is 31.8 Å². The Labute approximate surface area is 97.9 Å². The third-order valence-corrected chi connectivity index (χ3v) is 3.29. The van der Waals surface area contributed by atoms with Crippen molar-refractivity contribution in [3.63, 3.8) is 0 Å². The lowest BCUT2D eigenvalue weighted by Gasteiger charge is -2.32. The van der Waals surface area contributed by atoms with Gasteiger partial charge in [0.05, 0.1) is 0 Å². The predicted molar refractivity (Wildman–Crippen MR) is 66.3 cm³/mol. The van der Waals surface area contributed by atoms with Crippen molar-refractivity contribution in [1.29, 1.82) is 0 Å². The molecule has 1 aromatic heterocycles. The molecule has 3 nitrogen and oxygen atoms in total. The average molecular weight is 219 g/mol. The van der Waals surface area contributed by atoms with Gasteiger partial charge in [-0.3, -0.25) is 4.98 Å². The highest BCUT2D eigenvalue weighted by Gasteiger charge is 2.18. The van der Waals surface area contributed by atoms with Crippen LogP contribution in [0.15, 0.2) is 24.5 Å². The highest BCUT2D eigenvalue weighted by molar-refractivity contribution is 5.13. The van der Waals surface area contributed by atoms with Crippen LogP contribution in [0.25, 0.3) is 0 Å². The number of rotatable bonds is 3. The van der Waals surface area contributed by atoms with Gasteiger partial charge < -0.3 is 10.2 Å². The molecule has 0 saturated carbocycles. The van der Waals surface area contributed by atoms with Crippen molar-refractivity contribution >= 4 is 0 Å². The fraction of sp³-hybridized carbons (Fsp3) is 0.615. The van der Waals surface area contributed by atoms with E-state index >= 15 is 0 Å². The molecule has 16 heavy (non-hydrogen) atoms. The summed E-state index contributed by atoms with van der Waals surface area (Å²) in [5.74, 6) is 0. The monoisotopic (exact) mass is 219 g/mol. The van der Waals surface area contributed by atoms with E-state index in [4.69, 9.17) is 0 Å². The van der Waals surface area contributed by atoms with Gasteiger partial charge in [0.25, 0.3) is 0 Å². The number of aromatic nitrogens is 1. The number of hydrogen-bond acceptors (Lipinski definition) is 3. The number of hydrogen-bond donors (Lipinski definition) is 1. The highest BCUT2D eigenvalue weighted by atomic mass is 15.1. The average Bonchev–Trinajstić information content (AvgIpc) is 2.30. The minimum atomic E-state index is 0.394. The van der Waals surface area contributed by atoms with Gasteiger partial charge in [0.2, 0.25) is 0 Å². The molecular formula is C13H21N3. The first kappa shape index (κ1) is 11.6. The van der Waals surface area contributed by atoms with E-state index in [-0.39, 0.29) is 0 Å². The van der Waals surface area contributed by atoms with Crippen LogP contribution >= 0.6 is 0 Å². The van der Waals surface area contributed by atoms with E-state index in [9.17, 15) is 0 Å². The van der Waals surface area contributed by atoms with Crippen molar-refractivity contribution in [2.24, 2.45) is 0 Å². The van der Waals surface area contributed by atoms with Gasteiger partial charge in [-0.05, 0) is 45.0 Å². The largest absolute Gasteiger partial charge is 0.306 e. The third-order valence-electron chi connectivity index (χ3n) is 3.29. The Morgan fingerprint density at radius 1 is 1.56 bits per heavy atom. The molecule has 2 rings (SSSR count). The molecule has 0 radical (unpaired) electrons. The Bertz CT molecular complexity index is 312. The summed E-state index contributed by atoms with van der Waals surface area (Å²) < 4.78 is 0. The molecule has 88 valence electrons. The van der Waals surface area contributed by atoms with Crippen LogP contribution in [0.2, 0.25) is 0 Å². The molecule has 2 heterocycles. The number of pyridine rings is 1. The summed E-state index contributed by atoms with van der Waals surface area (Å²) in [5, 5.41) is 3.68. The number of piperidine rings is 1. The van der Waals surface area contributed by atoms with Crippen LogP contribution in [0, 0.1) is 0 Å². The molecule has 0 aromatic carbocycles. The second-order valence-electron chi connectivity index (χ2n) is 4.78. The van der Waals surface area contributed by atoms with Crippen molar-refractivity contribution in [3.05, 3.63) is 30.1 Å². The molecular weight excluding hydrogens is 198 g/mol. The Kier molecular flexibility index (Phi) is 3.91. The molecule has 0 amide bonds. The lowest BCUT2D eigenvalue weighted by Crippen LogP contribution is -2.44. The molecule has 0 bridgehead atoms. The molecule has 3 heteroatoms. The summed E-state index contributed by atoms with van der Waals surface area (Å²) in [6, 6.07) is 5.15. The topological polar surface area (TPSA) is 28.2 Å². The second kappa shape index (κ2) is 5.41. The Morgan fingerprint density at radius 3 is 3.12 bits per heavy atom. The molecule has 1 aliphatic rings. The van der Waals surface area contributed by atoms with Crippen LogP contribution in [-0.4, -0.2) is 36.1 Å². The van der Waals surface area contributed by atoms with E-state index in [1.165, 1.54) is 24.9 Å². The van der Waals surface area contributed by atoms with Crippen LogP contribution in [0.3, 0.4) is 0 Å². The number of likely N-dealkylation sites (tertiary alicyclic amines) is 1. The third kappa shape index (κ3) is 3.03. The first-order valence-corrected chi connectivity index (χ1v) is 6.10. The molecule has 0 aliphatic carbocycles. The second-order valence-corrected chi connectivity index (χ2v) is 4.78.